The lowest BCUT2D eigenvalue weighted by atomic mass is 10.1. The Morgan fingerprint density at radius 1 is 1.67 bits per heavy atom. The summed E-state index contributed by atoms with van der Waals surface area (Å²) in [6, 6.07) is 0.582. The van der Waals surface area contributed by atoms with Crippen molar-refractivity contribution in [2.45, 2.75) is 32.2 Å². The molecule has 0 spiro atoms. The highest BCUT2D eigenvalue weighted by Gasteiger charge is 2.11. The van der Waals surface area contributed by atoms with Gasteiger partial charge in [-0.2, -0.15) is 0 Å². The van der Waals surface area contributed by atoms with Crippen molar-refractivity contribution >= 4 is 0 Å². The van der Waals surface area contributed by atoms with Crippen molar-refractivity contribution in [3.8, 4) is 0 Å². The summed E-state index contributed by atoms with van der Waals surface area (Å²) < 4.78 is 2.21. The first kappa shape index (κ1) is 9.04. The fourth-order valence-electron chi connectivity index (χ4n) is 1.44. The number of aromatic nitrogens is 2. The van der Waals surface area contributed by atoms with Crippen molar-refractivity contribution in [2.24, 2.45) is 0 Å². The molecule has 66 valence electrons. The summed E-state index contributed by atoms with van der Waals surface area (Å²) in [7, 11) is 0. The van der Waals surface area contributed by atoms with Gasteiger partial charge in [-0.1, -0.05) is 19.4 Å². The van der Waals surface area contributed by atoms with E-state index in [1.165, 1.54) is 12.8 Å². The van der Waals surface area contributed by atoms with Crippen molar-refractivity contribution in [1.29, 1.82) is 0 Å². The lowest BCUT2D eigenvalue weighted by molar-refractivity contribution is -0.722. The Morgan fingerprint density at radius 3 is 3.00 bits per heavy atom. The summed E-state index contributed by atoms with van der Waals surface area (Å²) in [6.07, 6.45) is 11.5. The minimum absolute atomic E-state index is 0.582. The maximum Gasteiger partial charge on any atom is 0.241 e. The molecule has 2 nitrogen and oxygen atoms in total. The van der Waals surface area contributed by atoms with Gasteiger partial charge in [-0.3, -0.25) is 4.98 Å². The standard InChI is InChI=1S/C10H16N2/c1-3-5-10(6-4-2)12-8-7-11-9-12/h3,7-10H,1,4-6H2,2H3/p+1. The van der Waals surface area contributed by atoms with Crippen LogP contribution in [-0.4, -0.2) is 4.98 Å². The molecule has 0 saturated carbocycles. The van der Waals surface area contributed by atoms with E-state index in [-0.39, 0.29) is 0 Å². The van der Waals surface area contributed by atoms with E-state index in [1.807, 2.05) is 18.6 Å². The quantitative estimate of drug-likeness (QED) is 0.510. The number of allylic oxidation sites excluding steroid dienone is 1. The molecule has 0 radical (unpaired) electrons. The molecule has 1 N–H and O–H groups in total. The Balaban J connectivity index is 2.59. The van der Waals surface area contributed by atoms with Crippen molar-refractivity contribution < 1.29 is 4.57 Å². The van der Waals surface area contributed by atoms with Crippen LogP contribution in [-0.2, 0) is 0 Å². The first-order chi connectivity index (χ1) is 5.88. The number of hydrogen-bond donors (Lipinski definition) is 1. The molecule has 0 aromatic carbocycles. The van der Waals surface area contributed by atoms with Gasteiger partial charge in [-0.25, -0.2) is 4.57 Å². The molecule has 0 amide bonds. The first-order valence-electron chi connectivity index (χ1n) is 4.53. The molecular weight excluding hydrogens is 148 g/mol. The molecule has 1 aromatic rings. The Bertz CT molecular complexity index is 214. The second-order valence-electron chi connectivity index (χ2n) is 3.03. The van der Waals surface area contributed by atoms with Gasteiger partial charge in [0.25, 0.3) is 0 Å². The molecule has 1 heterocycles. The van der Waals surface area contributed by atoms with Gasteiger partial charge in [0.15, 0.2) is 0 Å². The van der Waals surface area contributed by atoms with Gasteiger partial charge < -0.3 is 0 Å². The third kappa shape index (κ3) is 2.22. The average molecular weight is 165 g/mol. The molecule has 0 aliphatic heterocycles. The normalized spacial score (nSPS) is 12.8. The lowest BCUT2D eigenvalue weighted by Gasteiger charge is -2.09. The van der Waals surface area contributed by atoms with Crippen molar-refractivity contribution in [3.63, 3.8) is 0 Å². The van der Waals surface area contributed by atoms with E-state index >= 15 is 0 Å². The smallest absolute Gasteiger partial charge is 0.241 e. The molecule has 1 atom stereocenters. The molecule has 0 aliphatic carbocycles. The third-order valence-corrected chi connectivity index (χ3v) is 2.05. The Labute approximate surface area is 73.9 Å². The largest absolute Gasteiger partial charge is 0.250 e. The molecule has 1 unspecified atom stereocenters. The molecule has 0 aliphatic rings. The van der Waals surface area contributed by atoms with Crippen LogP contribution in [0.3, 0.4) is 0 Å². The van der Waals surface area contributed by atoms with Crippen molar-refractivity contribution in [1.82, 2.24) is 4.98 Å². The monoisotopic (exact) mass is 165 g/mol. The molecule has 1 aromatic heterocycles. The van der Waals surface area contributed by atoms with Crippen LogP contribution < -0.4 is 4.57 Å². The van der Waals surface area contributed by atoms with Gasteiger partial charge in [0.05, 0.1) is 0 Å². The number of nitrogens with zero attached hydrogens (tertiary/aromatic N) is 1. The summed E-state index contributed by atoms with van der Waals surface area (Å²) in [5.41, 5.74) is 0. The molecular formula is C10H17N2+. The number of aromatic amines is 1. The van der Waals surface area contributed by atoms with Gasteiger partial charge in [0, 0.05) is 6.42 Å². The van der Waals surface area contributed by atoms with E-state index in [4.69, 9.17) is 0 Å². The summed E-state index contributed by atoms with van der Waals surface area (Å²) in [4.78, 5) is 3.06. The molecule has 2 heteroatoms. The Hall–Kier alpha value is -1.05. The number of hydrogen-bond acceptors (Lipinski definition) is 0. The summed E-state index contributed by atoms with van der Waals surface area (Å²) >= 11 is 0. The zero-order valence-corrected chi connectivity index (χ0v) is 7.66. The predicted octanol–water partition coefficient (Wildman–Crippen LogP) is 2.22. The third-order valence-electron chi connectivity index (χ3n) is 2.05. The maximum atomic E-state index is 3.77. The molecule has 1 rings (SSSR count). The summed E-state index contributed by atoms with van der Waals surface area (Å²) in [5.74, 6) is 0. The first-order valence-corrected chi connectivity index (χ1v) is 4.53. The summed E-state index contributed by atoms with van der Waals surface area (Å²) in [6.45, 7) is 5.98. The van der Waals surface area contributed by atoms with Gasteiger partial charge >= 0.3 is 0 Å². The molecule has 0 bridgehead atoms. The number of rotatable bonds is 5. The predicted molar refractivity (Wildman–Crippen MR) is 49.7 cm³/mol. The second-order valence-corrected chi connectivity index (χ2v) is 3.03. The van der Waals surface area contributed by atoms with Gasteiger partial charge in [0.1, 0.15) is 18.4 Å². The van der Waals surface area contributed by atoms with Crippen LogP contribution in [0.5, 0.6) is 0 Å². The van der Waals surface area contributed by atoms with E-state index < -0.39 is 0 Å². The van der Waals surface area contributed by atoms with Crippen LogP contribution in [0.2, 0.25) is 0 Å². The second kappa shape index (κ2) is 4.75. The van der Waals surface area contributed by atoms with Crippen molar-refractivity contribution in [2.75, 3.05) is 0 Å². The highest BCUT2D eigenvalue weighted by molar-refractivity contribution is 4.71. The maximum absolute atomic E-state index is 3.77. The average Bonchev–Trinajstić information content (AvgIpc) is 2.56. The number of nitrogens with one attached hydrogen (secondary N) is 1. The Morgan fingerprint density at radius 2 is 2.50 bits per heavy atom. The number of H-pyrrole nitrogens is 1. The van der Waals surface area contributed by atoms with Gasteiger partial charge in [-0.05, 0) is 6.42 Å². The molecule has 0 saturated heterocycles. The van der Waals surface area contributed by atoms with Crippen LogP contribution >= 0.6 is 0 Å². The zero-order valence-electron chi connectivity index (χ0n) is 7.66. The van der Waals surface area contributed by atoms with Crippen molar-refractivity contribution in [3.05, 3.63) is 31.4 Å². The van der Waals surface area contributed by atoms with Crippen LogP contribution in [0.15, 0.2) is 31.4 Å². The highest BCUT2D eigenvalue weighted by Crippen LogP contribution is 2.10. The molecule has 12 heavy (non-hydrogen) atoms. The van der Waals surface area contributed by atoms with Crippen LogP contribution in [0, 0.1) is 0 Å². The zero-order chi connectivity index (χ0) is 8.81. The minimum Gasteiger partial charge on any atom is -0.250 e. The van der Waals surface area contributed by atoms with E-state index in [2.05, 4.69) is 29.3 Å². The van der Waals surface area contributed by atoms with Crippen LogP contribution in [0.1, 0.15) is 32.2 Å². The number of imidazole rings is 1. The minimum atomic E-state index is 0.582. The van der Waals surface area contributed by atoms with E-state index in [9.17, 15) is 0 Å². The fraction of sp³-hybridized carbons (Fsp3) is 0.500. The topological polar surface area (TPSA) is 19.7 Å². The molecule has 0 fully saturated rings. The Kier molecular flexibility index (Phi) is 3.58. The fourth-order valence-corrected chi connectivity index (χ4v) is 1.44. The highest BCUT2D eigenvalue weighted by atomic mass is 15.0. The van der Waals surface area contributed by atoms with Crippen LogP contribution in [0.4, 0.5) is 0 Å². The van der Waals surface area contributed by atoms with Gasteiger partial charge in [0.2, 0.25) is 6.33 Å². The summed E-state index contributed by atoms with van der Waals surface area (Å²) in [5, 5.41) is 0. The van der Waals surface area contributed by atoms with Crippen LogP contribution in [0.25, 0.3) is 0 Å². The SMILES string of the molecule is C=CCC(CCC)[n+]1cc[nH]c1. The van der Waals surface area contributed by atoms with E-state index in [0.717, 1.165) is 6.42 Å². The van der Waals surface area contributed by atoms with Gasteiger partial charge in [-0.15, -0.1) is 6.58 Å². The van der Waals surface area contributed by atoms with E-state index in [0.29, 0.717) is 6.04 Å². The lowest BCUT2D eigenvalue weighted by Crippen LogP contribution is -2.36. The van der Waals surface area contributed by atoms with E-state index in [1.54, 1.807) is 0 Å².